The normalized spacial score (nSPS) is 12.4. The Morgan fingerprint density at radius 2 is 1.50 bits per heavy atom. The first kappa shape index (κ1) is 17.5. The molecular formula is C15H25BrO3Si. The summed E-state index contributed by atoms with van der Waals surface area (Å²) in [5, 5.41) is 0.205. The van der Waals surface area contributed by atoms with E-state index in [1.807, 2.05) is 12.1 Å². The number of hydrogen-bond acceptors (Lipinski definition) is 3. The zero-order chi connectivity index (χ0) is 15.6. The van der Waals surface area contributed by atoms with E-state index in [1.165, 1.54) is 0 Å². The summed E-state index contributed by atoms with van der Waals surface area (Å²) in [4.78, 5) is 0. The van der Waals surface area contributed by atoms with Crippen LogP contribution in [0.25, 0.3) is 0 Å². The third-order valence-electron chi connectivity index (χ3n) is 3.91. The summed E-state index contributed by atoms with van der Waals surface area (Å²) < 4.78 is 17.8. The van der Waals surface area contributed by atoms with E-state index >= 15 is 0 Å². The van der Waals surface area contributed by atoms with Crippen LogP contribution in [0, 0.1) is 0 Å². The van der Waals surface area contributed by atoms with E-state index in [-0.39, 0.29) is 5.04 Å². The minimum Gasteiger partial charge on any atom is -0.495 e. The van der Waals surface area contributed by atoms with Crippen molar-refractivity contribution in [1.82, 2.24) is 0 Å². The van der Waals surface area contributed by atoms with Crippen LogP contribution in [0.5, 0.6) is 11.5 Å². The first-order valence-electron chi connectivity index (χ1n) is 6.66. The van der Waals surface area contributed by atoms with Crippen LogP contribution in [0.4, 0.5) is 0 Å². The number of methoxy groups -OCH3 is 2. The van der Waals surface area contributed by atoms with Crippen LogP contribution >= 0.6 is 15.9 Å². The van der Waals surface area contributed by atoms with E-state index in [2.05, 4.69) is 49.8 Å². The fourth-order valence-electron chi connectivity index (χ4n) is 1.49. The maximum absolute atomic E-state index is 6.23. The summed E-state index contributed by atoms with van der Waals surface area (Å²) in [5.41, 5.74) is 1.06. The fourth-order valence-corrected chi connectivity index (χ4v) is 3.00. The zero-order valence-electron chi connectivity index (χ0n) is 13.5. The van der Waals surface area contributed by atoms with Gasteiger partial charge in [-0.25, -0.2) is 0 Å². The van der Waals surface area contributed by atoms with Crippen molar-refractivity contribution >= 4 is 24.2 Å². The second kappa shape index (κ2) is 6.50. The van der Waals surface area contributed by atoms with E-state index < -0.39 is 8.32 Å². The monoisotopic (exact) mass is 360 g/mol. The van der Waals surface area contributed by atoms with E-state index in [0.717, 1.165) is 21.5 Å². The molecule has 3 nitrogen and oxygen atoms in total. The number of hydrogen-bond donors (Lipinski definition) is 0. The van der Waals surface area contributed by atoms with E-state index in [4.69, 9.17) is 13.9 Å². The molecule has 0 heterocycles. The van der Waals surface area contributed by atoms with Gasteiger partial charge in [-0.1, -0.05) is 20.8 Å². The predicted molar refractivity (Wildman–Crippen MR) is 89.2 cm³/mol. The molecule has 0 fully saturated rings. The number of rotatable bonds is 5. The maximum Gasteiger partial charge on any atom is 0.192 e. The first-order chi connectivity index (χ1) is 9.12. The minimum absolute atomic E-state index is 0.205. The van der Waals surface area contributed by atoms with Gasteiger partial charge in [-0.2, -0.15) is 0 Å². The molecule has 0 saturated carbocycles. The molecule has 5 heteroatoms. The van der Waals surface area contributed by atoms with Crippen molar-refractivity contribution in [2.75, 3.05) is 14.2 Å². The van der Waals surface area contributed by atoms with Gasteiger partial charge in [0.05, 0.1) is 20.8 Å². The Morgan fingerprint density at radius 1 is 1.05 bits per heavy atom. The Hall–Kier alpha value is -0.523. The van der Waals surface area contributed by atoms with Gasteiger partial charge in [0.1, 0.15) is 16.0 Å². The van der Waals surface area contributed by atoms with Crippen molar-refractivity contribution < 1.29 is 13.9 Å². The number of benzene rings is 1. The molecule has 0 atom stereocenters. The minimum atomic E-state index is -1.75. The lowest BCUT2D eigenvalue weighted by Crippen LogP contribution is -2.40. The van der Waals surface area contributed by atoms with Crippen molar-refractivity contribution in [1.29, 1.82) is 0 Å². The summed E-state index contributed by atoms with van der Waals surface area (Å²) in [5.74, 6) is 1.52. The smallest absolute Gasteiger partial charge is 0.192 e. The molecule has 1 aromatic carbocycles. The van der Waals surface area contributed by atoms with Gasteiger partial charge in [0.2, 0.25) is 0 Å². The molecule has 0 bridgehead atoms. The summed E-state index contributed by atoms with van der Waals surface area (Å²) >= 11 is 3.48. The first-order valence-corrected chi connectivity index (χ1v) is 10.4. The van der Waals surface area contributed by atoms with E-state index in [0.29, 0.717) is 6.61 Å². The molecule has 20 heavy (non-hydrogen) atoms. The van der Waals surface area contributed by atoms with Gasteiger partial charge >= 0.3 is 0 Å². The van der Waals surface area contributed by atoms with Crippen LogP contribution < -0.4 is 9.47 Å². The Balaban J connectivity index is 2.94. The lowest BCUT2D eigenvalue weighted by Gasteiger charge is -2.36. The predicted octanol–water partition coefficient (Wildman–Crippen LogP) is 4.99. The molecule has 0 aliphatic heterocycles. The summed E-state index contributed by atoms with van der Waals surface area (Å²) in [6.07, 6.45) is 0. The van der Waals surface area contributed by atoms with Gasteiger partial charge in [-0.05, 0) is 51.8 Å². The highest BCUT2D eigenvalue weighted by molar-refractivity contribution is 9.10. The zero-order valence-corrected chi connectivity index (χ0v) is 16.1. The molecule has 0 radical (unpaired) electrons. The number of halogens is 1. The Morgan fingerprint density at radius 3 is 1.85 bits per heavy atom. The van der Waals surface area contributed by atoms with Gasteiger partial charge < -0.3 is 13.9 Å². The highest BCUT2D eigenvalue weighted by atomic mass is 79.9. The van der Waals surface area contributed by atoms with Crippen molar-refractivity contribution in [2.45, 2.75) is 45.5 Å². The van der Waals surface area contributed by atoms with E-state index in [1.54, 1.807) is 14.2 Å². The van der Waals surface area contributed by atoms with Crippen LogP contribution in [0.2, 0.25) is 18.1 Å². The van der Waals surface area contributed by atoms with Crippen LogP contribution in [0.1, 0.15) is 26.3 Å². The Bertz CT molecular complexity index is 442. The fraction of sp³-hybridized carbons (Fsp3) is 0.600. The standard InChI is InChI=1S/C15H25BrO3Si/c1-15(2,3)20(6,7)19-10-11-8-12(17-4)14(16)13(9-11)18-5/h8-9H,10H2,1-7H3. The third-order valence-corrected chi connectivity index (χ3v) is 9.17. The lowest BCUT2D eigenvalue weighted by atomic mass is 10.2. The molecule has 0 N–H and O–H groups in total. The molecular weight excluding hydrogens is 336 g/mol. The van der Waals surface area contributed by atoms with Gasteiger partial charge in [0.15, 0.2) is 8.32 Å². The maximum atomic E-state index is 6.23. The molecule has 0 amide bonds. The molecule has 0 unspecified atom stereocenters. The lowest BCUT2D eigenvalue weighted by molar-refractivity contribution is 0.274. The van der Waals surface area contributed by atoms with Gasteiger partial charge in [-0.15, -0.1) is 0 Å². The van der Waals surface area contributed by atoms with Crippen molar-refractivity contribution in [3.8, 4) is 11.5 Å². The number of ether oxygens (including phenoxy) is 2. The van der Waals surface area contributed by atoms with Crippen LogP contribution in [-0.2, 0) is 11.0 Å². The quantitative estimate of drug-likeness (QED) is 0.692. The molecule has 0 saturated heterocycles. The van der Waals surface area contributed by atoms with Gasteiger partial charge in [0, 0.05) is 0 Å². The molecule has 0 aliphatic rings. The third kappa shape index (κ3) is 3.99. The summed E-state index contributed by atoms with van der Waals surface area (Å²) in [7, 11) is 1.55. The van der Waals surface area contributed by atoms with Crippen molar-refractivity contribution in [3.63, 3.8) is 0 Å². The highest BCUT2D eigenvalue weighted by Crippen LogP contribution is 2.39. The SMILES string of the molecule is COc1cc(CO[Si](C)(C)C(C)(C)C)cc(OC)c1Br. The van der Waals surface area contributed by atoms with Gasteiger partial charge in [0.25, 0.3) is 0 Å². The van der Waals surface area contributed by atoms with Crippen molar-refractivity contribution in [2.24, 2.45) is 0 Å². The molecule has 114 valence electrons. The average molecular weight is 361 g/mol. The largest absolute Gasteiger partial charge is 0.495 e. The second-order valence-electron chi connectivity index (χ2n) is 6.36. The molecule has 0 aliphatic carbocycles. The second-order valence-corrected chi connectivity index (χ2v) is 12.0. The van der Waals surface area contributed by atoms with Crippen LogP contribution in [0.15, 0.2) is 16.6 Å². The van der Waals surface area contributed by atoms with E-state index in [9.17, 15) is 0 Å². The molecule has 1 aromatic rings. The Labute approximate surface area is 131 Å². The Kier molecular flexibility index (Phi) is 5.69. The molecule has 0 spiro atoms. The summed E-state index contributed by atoms with van der Waals surface area (Å²) in [6.45, 7) is 11.8. The van der Waals surface area contributed by atoms with Crippen LogP contribution in [0.3, 0.4) is 0 Å². The molecule has 1 rings (SSSR count). The topological polar surface area (TPSA) is 27.7 Å². The highest BCUT2D eigenvalue weighted by Gasteiger charge is 2.37. The van der Waals surface area contributed by atoms with Crippen molar-refractivity contribution in [3.05, 3.63) is 22.2 Å². The average Bonchev–Trinajstić information content (AvgIpc) is 2.36. The van der Waals surface area contributed by atoms with Crippen LogP contribution in [-0.4, -0.2) is 22.5 Å². The summed E-state index contributed by atoms with van der Waals surface area (Å²) in [6, 6.07) is 3.97. The molecule has 0 aromatic heterocycles. The van der Waals surface area contributed by atoms with Gasteiger partial charge in [-0.3, -0.25) is 0 Å².